The number of hydrogen-bond acceptors (Lipinski definition) is 4. The van der Waals surface area contributed by atoms with Crippen molar-refractivity contribution in [3.8, 4) is 23.3 Å². The molecule has 2 aromatic rings. The number of pyridine rings is 1. The van der Waals surface area contributed by atoms with E-state index in [9.17, 15) is 0 Å². The Bertz CT molecular complexity index is 663. The number of fused-ring (bicyclic) bond motifs is 1. The Morgan fingerprint density at radius 3 is 3.10 bits per heavy atom. The first-order valence-corrected chi connectivity index (χ1v) is 6.77. The second-order valence-corrected chi connectivity index (χ2v) is 4.73. The monoisotopic (exact) mass is 281 g/mol. The topological polar surface area (TPSA) is 51.6 Å². The Balaban J connectivity index is 1.59. The van der Waals surface area contributed by atoms with Gasteiger partial charge in [0.1, 0.15) is 30.8 Å². The molecule has 1 atom stereocenters. The molecule has 106 valence electrons. The summed E-state index contributed by atoms with van der Waals surface area (Å²) in [6.45, 7) is 0.298. The van der Waals surface area contributed by atoms with Crippen molar-refractivity contribution in [1.82, 2.24) is 4.98 Å². The highest BCUT2D eigenvalue weighted by Crippen LogP contribution is 2.28. The molecule has 1 N–H and O–H groups in total. The van der Waals surface area contributed by atoms with E-state index < -0.39 is 0 Å². The van der Waals surface area contributed by atoms with Crippen molar-refractivity contribution in [1.29, 1.82) is 0 Å². The molecule has 1 aromatic carbocycles. The Morgan fingerprint density at radius 2 is 2.24 bits per heavy atom. The minimum Gasteiger partial charge on any atom is -0.488 e. The number of aromatic nitrogens is 1. The minimum absolute atomic E-state index is 0.0228. The van der Waals surface area contributed by atoms with E-state index in [1.54, 1.807) is 18.5 Å². The number of ether oxygens (including phenoxy) is 2. The van der Waals surface area contributed by atoms with E-state index in [-0.39, 0.29) is 12.7 Å². The van der Waals surface area contributed by atoms with Gasteiger partial charge in [0.05, 0.1) is 6.20 Å². The van der Waals surface area contributed by atoms with Gasteiger partial charge in [-0.25, -0.2) is 0 Å². The van der Waals surface area contributed by atoms with Crippen LogP contribution in [0.4, 0.5) is 0 Å². The summed E-state index contributed by atoms with van der Waals surface area (Å²) in [7, 11) is 0. The van der Waals surface area contributed by atoms with E-state index in [4.69, 9.17) is 14.6 Å². The van der Waals surface area contributed by atoms with Crippen molar-refractivity contribution in [2.24, 2.45) is 0 Å². The van der Waals surface area contributed by atoms with Crippen LogP contribution in [0.1, 0.15) is 11.1 Å². The molecule has 0 spiro atoms. The van der Waals surface area contributed by atoms with Crippen LogP contribution in [-0.4, -0.2) is 29.4 Å². The zero-order chi connectivity index (χ0) is 14.5. The standard InChI is InChI=1S/C17H15NO3/c19-7-3-4-13-8-15(11-18-10-13)20-12-16-9-14-5-1-2-6-17(14)21-16/h1-2,5-6,8,10-11,16,19H,7,9,12H2. The Hall–Kier alpha value is -2.51. The summed E-state index contributed by atoms with van der Waals surface area (Å²) in [5.74, 6) is 6.98. The number of hydrogen-bond donors (Lipinski definition) is 1. The second-order valence-electron chi connectivity index (χ2n) is 4.73. The first-order valence-electron chi connectivity index (χ1n) is 6.77. The van der Waals surface area contributed by atoms with Crippen LogP contribution in [0, 0.1) is 11.8 Å². The first kappa shape index (κ1) is 13.5. The lowest BCUT2D eigenvalue weighted by atomic mass is 10.1. The van der Waals surface area contributed by atoms with Gasteiger partial charge in [-0.3, -0.25) is 4.98 Å². The average molecular weight is 281 g/mol. The molecule has 0 saturated carbocycles. The molecule has 1 aliphatic rings. The van der Waals surface area contributed by atoms with Gasteiger partial charge in [-0.1, -0.05) is 30.0 Å². The van der Waals surface area contributed by atoms with E-state index in [0.717, 1.165) is 17.7 Å². The summed E-state index contributed by atoms with van der Waals surface area (Å²) in [6, 6.07) is 9.83. The van der Waals surface area contributed by atoms with Gasteiger partial charge in [0.2, 0.25) is 0 Å². The lowest BCUT2D eigenvalue weighted by molar-refractivity contribution is 0.148. The molecule has 2 heterocycles. The van der Waals surface area contributed by atoms with Crippen LogP contribution in [0.2, 0.25) is 0 Å². The zero-order valence-electron chi connectivity index (χ0n) is 11.5. The maximum atomic E-state index is 8.69. The van der Waals surface area contributed by atoms with Crippen LogP contribution in [0.5, 0.6) is 11.5 Å². The zero-order valence-corrected chi connectivity index (χ0v) is 11.5. The maximum absolute atomic E-state index is 8.69. The fourth-order valence-corrected chi connectivity index (χ4v) is 2.24. The van der Waals surface area contributed by atoms with E-state index in [2.05, 4.69) is 22.9 Å². The molecule has 1 unspecified atom stereocenters. The highest BCUT2D eigenvalue weighted by atomic mass is 16.5. The summed E-state index contributed by atoms with van der Waals surface area (Å²) in [5.41, 5.74) is 1.93. The fourth-order valence-electron chi connectivity index (χ4n) is 2.24. The molecular weight excluding hydrogens is 266 g/mol. The van der Waals surface area contributed by atoms with Gasteiger partial charge in [-0.05, 0) is 17.7 Å². The third-order valence-corrected chi connectivity index (χ3v) is 3.17. The predicted molar refractivity (Wildman–Crippen MR) is 78.3 cm³/mol. The second kappa shape index (κ2) is 6.29. The Morgan fingerprint density at radius 1 is 1.33 bits per heavy atom. The largest absolute Gasteiger partial charge is 0.488 e. The third kappa shape index (κ3) is 3.33. The summed E-state index contributed by atoms with van der Waals surface area (Å²) < 4.78 is 11.5. The van der Waals surface area contributed by atoms with Crippen LogP contribution in [0.25, 0.3) is 0 Å². The quantitative estimate of drug-likeness (QED) is 0.872. The van der Waals surface area contributed by atoms with Gasteiger partial charge in [0, 0.05) is 18.2 Å². The first-order chi connectivity index (χ1) is 10.3. The van der Waals surface area contributed by atoms with Crippen molar-refractivity contribution in [2.45, 2.75) is 12.5 Å². The van der Waals surface area contributed by atoms with E-state index in [1.165, 1.54) is 5.56 Å². The number of para-hydroxylation sites is 1. The predicted octanol–water partition coefficient (Wildman–Crippen LogP) is 1.81. The average Bonchev–Trinajstić information content (AvgIpc) is 2.94. The molecule has 0 fully saturated rings. The molecule has 1 aromatic heterocycles. The van der Waals surface area contributed by atoms with Gasteiger partial charge in [0.15, 0.2) is 0 Å². The van der Waals surface area contributed by atoms with Crippen LogP contribution < -0.4 is 9.47 Å². The maximum Gasteiger partial charge on any atom is 0.139 e. The lowest BCUT2D eigenvalue weighted by Gasteiger charge is -2.12. The van der Waals surface area contributed by atoms with Gasteiger partial charge in [-0.2, -0.15) is 0 Å². The van der Waals surface area contributed by atoms with Crippen molar-refractivity contribution < 1.29 is 14.6 Å². The van der Waals surface area contributed by atoms with Gasteiger partial charge in [-0.15, -0.1) is 0 Å². The summed E-state index contributed by atoms with van der Waals surface area (Å²) in [6.07, 6.45) is 4.16. The van der Waals surface area contributed by atoms with Crippen molar-refractivity contribution >= 4 is 0 Å². The smallest absolute Gasteiger partial charge is 0.139 e. The molecule has 3 rings (SSSR count). The highest BCUT2D eigenvalue weighted by molar-refractivity contribution is 5.38. The van der Waals surface area contributed by atoms with Crippen molar-refractivity contribution in [3.05, 3.63) is 53.9 Å². The van der Waals surface area contributed by atoms with Crippen LogP contribution in [0.15, 0.2) is 42.7 Å². The minimum atomic E-state index is -0.167. The summed E-state index contributed by atoms with van der Waals surface area (Å²) >= 11 is 0. The summed E-state index contributed by atoms with van der Waals surface area (Å²) in [4.78, 5) is 4.07. The lowest BCUT2D eigenvalue weighted by Crippen LogP contribution is -2.22. The van der Waals surface area contributed by atoms with E-state index in [0.29, 0.717) is 12.4 Å². The fraction of sp³-hybridized carbons (Fsp3) is 0.235. The molecule has 0 amide bonds. The van der Waals surface area contributed by atoms with E-state index in [1.807, 2.05) is 18.2 Å². The van der Waals surface area contributed by atoms with Crippen LogP contribution >= 0.6 is 0 Å². The molecular formula is C17H15NO3. The number of rotatable bonds is 3. The third-order valence-electron chi connectivity index (χ3n) is 3.17. The molecule has 4 heteroatoms. The molecule has 1 aliphatic heterocycles. The number of benzene rings is 1. The van der Waals surface area contributed by atoms with Crippen LogP contribution in [-0.2, 0) is 6.42 Å². The molecule has 21 heavy (non-hydrogen) atoms. The molecule has 0 radical (unpaired) electrons. The van der Waals surface area contributed by atoms with Gasteiger partial charge >= 0.3 is 0 Å². The number of aliphatic hydroxyl groups is 1. The van der Waals surface area contributed by atoms with E-state index >= 15 is 0 Å². The van der Waals surface area contributed by atoms with Gasteiger partial charge < -0.3 is 14.6 Å². The van der Waals surface area contributed by atoms with Crippen molar-refractivity contribution in [3.63, 3.8) is 0 Å². The molecule has 0 aliphatic carbocycles. The Labute approximate surface area is 123 Å². The molecule has 4 nitrogen and oxygen atoms in total. The molecule has 0 saturated heterocycles. The van der Waals surface area contributed by atoms with Crippen molar-refractivity contribution in [2.75, 3.05) is 13.2 Å². The van der Waals surface area contributed by atoms with Gasteiger partial charge in [0.25, 0.3) is 0 Å². The Kier molecular flexibility index (Phi) is 4.04. The SMILES string of the molecule is OCC#Cc1cncc(OCC2Cc3ccccc3O2)c1. The normalized spacial score (nSPS) is 15.6. The summed E-state index contributed by atoms with van der Waals surface area (Å²) in [5, 5.41) is 8.69. The highest BCUT2D eigenvalue weighted by Gasteiger charge is 2.22. The number of aliphatic hydroxyl groups excluding tert-OH is 1. The molecule has 0 bridgehead atoms. The number of nitrogens with zero attached hydrogens (tertiary/aromatic N) is 1. The van der Waals surface area contributed by atoms with Crippen LogP contribution in [0.3, 0.4) is 0 Å².